The highest BCUT2D eigenvalue weighted by molar-refractivity contribution is 9.10. The van der Waals surface area contributed by atoms with Gasteiger partial charge in [0.1, 0.15) is 11.9 Å². The van der Waals surface area contributed by atoms with E-state index in [1.807, 2.05) is 0 Å². The fraction of sp³-hybridized carbons (Fsp3) is 0.0714. The second-order valence-corrected chi connectivity index (χ2v) is 4.66. The Balaban J connectivity index is 2.32. The molecule has 0 aromatic heterocycles. The third-order valence-corrected chi connectivity index (χ3v) is 3.22. The number of ketones is 1. The minimum Gasteiger partial charge on any atom is -0.380 e. The molecule has 0 aliphatic heterocycles. The van der Waals surface area contributed by atoms with Gasteiger partial charge in [-0.05, 0) is 39.7 Å². The quantitative estimate of drug-likeness (QED) is 0.881. The largest absolute Gasteiger partial charge is 0.380 e. The molecule has 2 aromatic carbocycles. The third-order valence-electron chi connectivity index (χ3n) is 2.56. The van der Waals surface area contributed by atoms with Gasteiger partial charge in [0.05, 0.1) is 0 Å². The van der Waals surface area contributed by atoms with Gasteiger partial charge in [0, 0.05) is 10.0 Å². The van der Waals surface area contributed by atoms with Crippen molar-refractivity contribution in [1.82, 2.24) is 0 Å². The van der Waals surface area contributed by atoms with Gasteiger partial charge >= 0.3 is 0 Å². The molecule has 92 valence electrons. The van der Waals surface area contributed by atoms with Crippen molar-refractivity contribution in [2.24, 2.45) is 0 Å². The number of aliphatic hydroxyl groups excluding tert-OH is 1. The number of hydrogen-bond acceptors (Lipinski definition) is 2. The van der Waals surface area contributed by atoms with Crippen LogP contribution in [0.15, 0.2) is 53.0 Å². The lowest BCUT2D eigenvalue weighted by atomic mass is 10.00. The third kappa shape index (κ3) is 2.66. The summed E-state index contributed by atoms with van der Waals surface area (Å²) < 4.78 is 13.3. The second-order valence-electron chi connectivity index (χ2n) is 3.80. The summed E-state index contributed by atoms with van der Waals surface area (Å²) in [5.74, 6) is -0.902. The van der Waals surface area contributed by atoms with E-state index in [2.05, 4.69) is 15.9 Å². The Hall–Kier alpha value is -1.52. The van der Waals surface area contributed by atoms with Gasteiger partial charge in [-0.2, -0.15) is 0 Å². The molecule has 0 bridgehead atoms. The van der Waals surface area contributed by atoms with Crippen LogP contribution in [0.4, 0.5) is 4.39 Å². The Bertz CT molecular complexity index is 569. The van der Waals surface area contributed by atoms with Gasteiger partial charge in [-0.3, -0.25) is 4.79 Å². The van der Waals surface area contributed by atoms with E-state index in [0.29, 0.717) is 10.0 Å². The number of carbonyl (C=O) groups excluding carboxylic acids is 1. The molecule has 1 N–H and O–H groups in total. The van der Waals surface area contributed by atoms with E-state index in [9.17, 15) is 14.3 Å². The van der Waals surface area contributed by atoms with E-state index in [4.69, 9.17) is 0 Å². The molecular weight excluding hydrogens is 299 g/mol. The molecule has 2 rings (SSSR count). The van der Waals surface area contributed by atoms with Crippen LogP contribution in [0.25, 0.3) is 0 Å². The van der Waals surface area contributed by atoms with E-state index >= 15 is 0 Å². The first-order valence-corrected chi connectivity index (χ1v) is 6.11. The standard InChI is InChI=1S/C14H10BrFO2/c15-12-8-10(16)6-7-11(12)14(18)13(17)9-4-2-1-3-5-9/h1-8,13,17H. The molecule has 1 unspecified atom stereocenters. The average molecular weight is 309 g/mol. The number of carbonyl (C=O) groups is 1. The molecule has 2 aromatic rings. The molecule has 0 spiro atoms. The van der Waals surface area contributed by atoms with E-state index in [-0.39, 0.29) is 5.56 Å². The predicted octanol–water partition coefficient (Wildman–Crippen LogP) is 3.50. The molecule has 0 saturated carbocycles. The maximum Gasteiger partial charge on any atom is 0.196 e. The molecular formula is C14H10BrFO2. The van der Waals surface area contributed by atoms with Crippen LogP contribution < -0.4 is 0 Å². The second kappa shape index (κ2) is 5.42. The fourth-order valence-electron chi connectivity index (χ4n) is 1.62. The first-order chi connectivity index (χ1) is 8.59. The lowest BCUT2D eigenvalue weighted by molar-refractivity contribution is 0.0746. The zero-order chi connectivity index (χ0) is 13.1. The Morgan fingerprint density at radius 2 is 1.83 bits per heavy atom. The molecule has 0 saturated heterocycles. The maximum atomic E-state index is 12.9. The van der Waals surface area contributed by atoms with E-state index < -0.39 is 17.7 Å². The highest BCUT2D eigenvalue weighted by Gasteiger charge is 2.21. The maximum absolute atomic E-state index is 12.9. The fourth-order valence-corrected chi connectivity index (χ4v) is 2.17. The normalized spacial score (nSPS) is 12.2. The van der Waals surface area contributed by atoms with Crippen LogP contribution in [0.5, 0.6) is 0 Å². The summed E-state index contributed by atoms with van der Waals surface area (Å²) in [6.07, 6.45) is -1.24. The van der Waals surface area contributed by atoms with E-state index in [1.54, 1.807) is 30.3 Å². The lowest BCUT2D eigenvalue weighted by Crippen LogP contribution is -2.12. The summed E-state index contributed by atoms with van der Waals surface area (Å²) in [5.41, 5.74) is 0.770. The Morgan fingerprint density at radius 1 is 1.17 bits per heavy atom. The van der Waals surface area contributed by atoms with Crippen molar-refractivity contribution < 1.29 is 14.3 Å². The molecule has 0 aliphatic carbocycles. The monoisotopic (exact) mass is 308 g/mol. The average Bonchev–Trinajstić information content (AvgIpc) is 2.38. The SMILES string of the molecule is O=C(c1ccc(F)cc1Br)C(O)c1ccccc1. The molecule has 4 heteroatoms. The molecule has 0 aliphatic rings. The summed E-state index contributed by atoms with van der Waals surface area (Å²) in [6, 6.07) is 12.4. The van der Waals surface area contributed by atoms with E-state index in [1.165, 1.54) is 18.2 Å². The molecule has 0 fully saturated rings. The summed E-state index contributed by atoms with van der Waals surface area (Å²) >= 11 is 3.12. The number of aliphatic hydroxyl groups is 1. The topological polar surface area (TPSA) is 37.3 Å². The van der Waals surface area contributed by atoms with Gasteiger partial charge in [-0.15, -0.1) is 0 Å². The first kappa shape index (κ1) is 12.9. The first-order valence-electron chi connectivity index (χ1n) is 5.32. The molecule has 1 atom stereocenters. The Labute approximate surface area is 112 Å². The zero-order valence-electron chi connectivity index (χ0n) is 9.31. The van der Waals surface area contributed by atoms with E-state index in [0.717, 1.165) is 0 Å². The summed E-state index contributed by atoms with van der Waals surface area (Å²) in [5, 5.41) is 9.97. The van der Waals surface area contributed by atoms with Crippen LogP contribution in [-0.4, -0.2) is 10.9 Å². The zero-order valence-corrected chi connectivity index (χ0v) is 10.9. The molecule has 18 heavy (non-hydrogen) atoms. The molecule has 0 heterocycles. The van der Waals surface area contributed by atoms with Gasteiger partial charge in [0.15, 0.2) is 5.78 Å². The Morgan fingerprint density at radius 3 is 2.44 bits per heavy atom. The van der Waals surface area contributed by atoms with Crippen molar-refractivity contribution in [1.29, 1.82) is 0 Å². The number of hydrogen-bond donors (Lipinski definition) is 1. The minimum atomic E-state index is -1.24. The minimum absolute atomic E-state index is 0.257. The number of benzene rings is 2. The van der Waals surface area contributed by atoms with Crippen molar-refractivity contribution in [3.63, 3.8) is 0 Å². The highest BCUT2D eigenvalue weighted by atomic mass is 79.9. The van der Waals surface area contributed by atoms with Crippen molar-refractivity contribution in [3.8, 4) is 0 Å². The summed E-state index contributed by atoms with van der Waals surface area (Å²) in [4.78, 5) is 12.1. The van der Waals surface area contributed by atoms with Crippen molar-refractivity contribution >= 4 is 21.7 Å². The van der Waals surface area contributed by atoms with Crippen LogP contribution in [0.1, 0.15) is 22.0 Å². The smallest absolute Gasteiger partial charge is 0.196 e. The predicted molar refractivity (Wildman–Crippen MR) is 69.8 cm³/mol. The lowest BCUT2D eigenvalue weighted by Gasteiger charge is -2.11. The molecule has 0 radical (unpaired) electrons. The summed E-state index contributed by atoms with van der Waals surface area (Å²) in [7, 11) is 0. The van der Waals surface area contributed by atoms with Crippen LogP contribution in [-0.2, 0) is 0 Å². The molecule has 2 nitrogen and oxygen atoms in total. The highest BCUT2D eigenvalue weighted by Crippen LogP contribution is 2.24. The number of rotatable bonds is 3. The van der Waals surface area contributed by atoms with Crippen LogP contribution in [0.2, 0.25) is 0 Å². The Kier molecular flexibility index (Phi) is 3.89. The van der Waals surface area contributed by atoms with Gasteiger partial charge in [0.25, 0.3) is 0 Å². The van der Waals surface area contributed by atoms with Gasteiger partial charge in [0.2, 0.25) is 0 Å². The van der Waals surface area contributed by atoms with Crippen molar-refractivity contribution in [3.05, 3.63) is 69.9 Å². The van der Waals surface area contributed by atoms with Gasteiger partial charge in [-0.25, -0.2) is 4.39 Å². The van der Waals surface area contributed by atoms with Crippen molar-refractivity contribution in [2.75, 3.05) is 0 Å². The van der Waals surface area contributed by atoms with Crippen LogP contribution in [0, 0.1) is 5.82 Å². The van der Waals surface area contributed by atoms with Crippen LogP contribution in [0.3, 0.4) is 0 Å². The van der Waals surface area contributed by atoms with Crippen molar-refractivity contribution in [2.45, 2.75) is 6.10 Å². The van der Waals surface area contributed by atoms with Crippen LogP contribution >= 0.6 is 15.9 Å². The summed E-state index contributed by atoms with van der Waals surface area (Å²) in [6.45, 7) is 0. The molecule has 0 amide bonds. The number of halogens is 2. The van der Waals surface area contributed by atoms with Gasteiger partial charge < -0.3 is 5.11 Å². The van der Waals surface area contributed by atoms with Gasteiger partial charge in [-0.1, -0.05) is 30.3 Å². The number of Topliss-reactive ketones (excluding diaryl/α,β-unsaturated/α-hetero) is 1.